The predicted molar refractivity (Wildman–Crippen MR) is 79.3 cm³/mol. The van der Waals surface area contributed by atoms with Crippen LogP contribution in [0.15, 0.2) is 24.3 Å². The molecule has 2 aromatic heterocycles. The maximum atomic E-state index is 12.7. The minimum absolute atomic E-state index is 0.0429. The van der Waals surface area contributed by atoms with E-state index in [9.17, 15) is 22.8 Å². The zero-order chi connectivity index (χ0) is 16.6. The van der Waals surface area contributed by atoms with E-state index in [1.807, 2.05) is 0 Å². The van der Waals surface area contributed by atoms with Gasteiger partial charge in [-0.15, -0.1) is 11.3 Å². The molecule has 0 unspecified atom stereocenters. The van der Waals surface area contributed by atoms with Crippen molar-refractivity contribution in [3.8, 4) is 10.4 Å². The van der Waals surface area contributed by atoms with Gasteiger partial charge in [-0.3, -0.25) is 9.59 Å². The maximum Gasteiger partial charge on any atom is 0.425 e. The Bertz CT molecular complexity index is 766. The lowest BCUT2D eigenvalue weighted by Crippen LogP contribution is -2.14. The van der Waals surface area contributed by atoms with Crippen molar-refractivity contribution in [2.75, 3.05) is 5.32 Å². The fourth-order valence-corrected chi connectivity index (χ4v) is 2.90. The van der Waals surface area contributed by atoms with Crippen LogP contribution in [0.2, 0.25) is 0 Å². The molecule has 120 valence electrons. The minimum Gasteiger partial charge on any atom is -0.310 e. The molecular formula is C15H11F3N2O2S. The summed E-state index contributed by atoms with van der Waals surface area (Å²) in [5.41, 5.74) is 0.462. The summed E-state index contributed by atoms with van der Waals surface area (Å²) in [5, 5.41) is 2.60. The molecule has 8 heteroatoms. The summed E-state index contributed by atoms with van der Waals surface area (Å²) in [7, 11) is 0. The van der Waals surface area contributed by atoms with Crippen LogP contribution in [0.5, 0.6) is 0 Å². The first-order chi connectivity index (χ1) is 10.9. The number of nitrogens with one attached hydrogen (secondary N) is 1. The number of carbonyl (C=O) groups is 2. The molecule has 0 aliphatic heterocycles. The lowest BCUT2D eigenvalue weighted by atomic mass is 10.2. The van der Waals surface area contributed by atoms with Gasteiger partial charge in [-0.25, -0.2) is 4.98 Å². The van der Waals surface area contributed by atoms with Crippen LogP contribution in [0.3, 0.4) is 0 Å². The maximum absolute atomic E-state index is 12.7. The molecule has 0 bridgehead atoms. The molecule has 1 aliphatic carbocycles. The van der Waals surface area contributed by atoms with E-state index < -0.39 is 11.1 Å². The van der Waals surface area contributed by atoms with E-state index in [1.165, 1.54) is 18.2 Å². The molecular weight excluding hydrogens is 329 g/mol. The number of thiophene rings is 1. The van der Waals surface area contributed by atoms with E-state index in [0.29, 0.717) is 28.1 Å². The van der Waals surface area contributed by atoms with Gasteiger partial charge in [-0.2, -0.15) is 13.2 Å². The van der Waals surface area contributed by atoms with Crippen LogP contribution in [0, 0.1) is 5.92 Å². The second kappa shape index (κ2) is 5.77. The van der Waals surface area contributed by atoms with Crippen LogP contribution in [0.25, 0.3) is 10.4 Å². The van der Waals surface area contributed by atoms with Crippen LogP contribution in [-0.2, 0) is 11.0 Å². The van der Waals surface area contributed by atoms with Crippen molar-refractivity contribution in [3.63, 3.8) is 0 Å². The summed E-state index contributed by atoms with van der Waals surface area (Å²) in [6.45, 7) is 0. The highest BCUT2D eigenvalue weighted by Gasteiger charge is 2.33. The molecule has 2 heterocycles. The normalized spacial score (nSPS) is 14.6. The van der Waals surface area contributed by atoms with E-state index in [4.69, 9.17) is 0 Å². The van der Waals surface area contributed by atoms with Crippen molar-refractivity contribution in [1.29, 1.82) is 0 Å². The third kappa shape index (κ3) is 3.58. The highest BCUT2D eigenvalue weighted by atomic mass is 32.1. The number of aldehydes is 1. The molecule has 0 atom stereocenters. The van der Waals surface area contributed by atoms with Crippen molar-refractivity contribution in [2.45, 2.75) is 19.0 Å². The van der Waals surface area contributed by atoms with Crippen molar-refractivity contribution >= 4 is 29.3 Å². The number of rotatable bonds is 4. The first-order valence-electron chi connectivity index (χ1n) is 6.82. The van der Waals surface area contributed by atoms with Crippen molar-refractivity contribution in [2.24, 2.45) is 5.92 Å². The van der Waals surface area contributed by atoms with Crippen LogP contribution in [-0.4, -0.2) is 17.2 Å². The number of carbonyl (C=O) groups excluding carboxylic acids is 2. The summed E-state index contributed by atoms with van der Waals surface area (Å²) >= 11 is 0.577. The molecule has 3 rings (SSSR count). The summed E-state index contributed by atoms with van der Waals surface area (Å²) in [6, 6.07) is 5.19. The van der Waals surface area contributed by atoms with Gasteiger partial charge in [-0.1, -0.05) is 0 Å². The van der Waals surface area contributed by atoms with E-state index >= 15 is 0 Å². The topological polar surface area (TPSA) is 59.1 Å². The van der Waals surface area contributed by atoms with Crippen molar-refractivity contribution < 1.29 is 22.8 Å². The summed E-state index contributed by atoms with van der Waals surface area (Å²) < 4.78 is 38.1. The number of aromatic nitrogens is 1. The Kier molecular flexibility index (Phi) is 3.93. The lowest BCUT2D eigenvalue weighted by Gasteiger charge is -2.07. The Morgan fingerprint density at radius 3 is 2.61 bits per heavy atom. The van der Waals surface area contributed by atoms with Gasteiger partial charge in [0, 0.05) is 10.8 Å². The molecule has 0 aromatic carbocycles. The van der Waals surface area contributed by atoms with Gasteiger partial charge in [0.05, 0.1) is 0 Å². The SMILES string of the molecule is O=Cc1cc(-c2ccc(C(F)(F)F)s2)cc(NC(=O)C2CC2)n1. The van der Waals surface area contributed by atoms with Gasteiger partial charge < -0.3 is 5.32 Å². The predicted octanol–water partition coefficient (Wildman–Crippen LogP) is 3.99. The Hall–Kier alpha value is -2.22. The average molecular weight is 340 g/mol. The number of hydrogen-bond donors (Lipinski definition) is 1. The number of halogens is 3. The van der Waals surface area contributed by atoms with Gasteiger partial charge in [0.15, 0.2) is 6.29 Å². The van der Waals surface area contributed by atoms with E-state index in [1.54, 1.807) is 0 Å². The van der Waals surface area contributed by atoms with E-state index in [2.05, 4.69) is 10.3 Å². The number of hydrogen-bond acceptors (Lipinski definition) is 4. The molecule has 1 amide bonds. The van der Waals surface area contributed by atoms with Gasteiger partial charge in [0.25, 0.3) is 0 Å². The number of amides is 1. The summed E-state index contributed by atoms with van der Waals surface area (Å²) in [4.78, 5) is 26.4. The molecule has 1 aliphatic rings. The highest BCUT2D eigenvalue weighted by molar-refractivity contribution is 7.15. The monoisotopic (exact) mass is 340 g/mol. The van der Waals surface area contributed by atoms with Crippen LogP contribution in [0.4, 0.5) is 19.0 Å². The quantitative estimate of drug-likeness (QED) is 0.856. The van der Waals surface area contributed by atoms with Crippen LogP contribution >= 0.6 is 11.3 Å². The molecule has 2 aromatic rings. The van der Waals surface area contributed by atoms with Crippen LogP contribution < -0.4 is 5.32 Å². The molecule has 1 fully saturated rings. The lowest BCUT2D eigenvalue weighted by molar-refractivity contribution is -0.134. The van der Waals surface area contributed by atoms with Gasteiger partial charge in [-0.05, 0) is 42.7 Å². The van der Waals surface area contributed by atoms with Crippen LogP contribution in [0.1, 0.15) is 28.2 Å². The molecule has 1 saturated carbocycles. The Morgan fingerprint density at radius 1 is 1.30 bits per heavy atom. The zero-order valence-electron chi connectivity index (χ0n) is 11.7. The molecule has 0 radical (unpaired) electrons. The molecule has 1 N–H and O–H groups in total. The van der Waals surface area contributed by atoms with Gasteiger partial charge >= 0.3 is 6.18 Å². The second-order valence-electron chi connectivity index (χ2n) is 5.21. The number of alkyl halides is 3. The molecule has 0 saturated heterocycles. The zero-order valence-corrected chi connectivity index (χ0v) is 12.5. The van der Waals surface area contributed by atoms with Crippen molar-refractivity contribution in [3.05, 3.63) is 34.8 Å². The Morgan fingerprint density at radius 2 is 2.04 bits per heavy atom. The first kappa shape index (κ1) is 15.7. The number of anilines is 1. The largest absolute Gasteiger partial charge is 0.425 e. The molecule has 0 spiro atoms. The van der Waals surface area contributed by atoms with Crippen molar-refractivity contribution in [1.82, 2.24) is 4.98 Å². The highest BCUT2D eigenvalue weighted by Crippen LogP contribution is 2.39. The number of nitrogens with zero attached hydrogens (tertiary/aromatic N) is 1. The Labute approximate surface area is 133 Å². The second-order valence-corrected chi connectivity index (χ2v) is 6.29. The third-order valence-corrected chi connectivity index (χ3v) is 4.51. The van der Waals surface area contributed by atoms with Gasteiger partial charge in [0.1, 0.15) is 16.4 Å². The average Bonchev–Trinajstić information content (AvgIpc) is 3.22. The number of pyridine rings is 1. The smallest absolute Gasteiger partial charge is 0.310 e. The summed E-state index contributed by atoms with van der Waals surface area (Å²) in [6.07, 6.45) is -2.29. The molecule has 23 heavy (non-hydrogen) atoms. The molecule has 4 nitrogen and oxygen atoms in total. The Balaban J connectivity index is 1.93. The van der Waals surface area contributed by atoms with E-state index in [0.717, 1.165) is 18.9 Å². The van der Waals surface area contributed by atoms with E-state index in [-0.39, 0.29) is 23.3 Å². The third-order valence-electron chi connectivity index (χ3n) is 3.34. The van der Waals surface area contributed by atoms with Gasteiger partial charge in [0.2, 0.25) is 5.91 Å². The fourth-order valence-electron chi connectivity index (χ4n) is 2.04. The first-order valence-corrected chi connectivity index (χ1v) is 7.64. The fraction of sp³-hybridized carbons (Fsp3) is 0.267. The minimum atomic E-state index is -4.41. The summed E-state index contributed by atoms with van der Waals surface area (Å²) in [5.74, 6) is -0.0594. The standard InChI is InChI=1S/C15H11F3N2O2S/c16-15(17,18)12-4-3-11(23-12)9-5-10(7-21)19-13(6-9)20-14(22)8-1-2-8/h3-8H,1-2H2,(H,19,20,22).